The summed E-state index contributed by atoms with van der Waals surface area (Å²) in [6, 6.07) is 2.29. The highest BCUT2D eigenvalue weighted by molar-refractivity contribution is 5.68. The molecular weight excluding hydrogens is 228 g/mol. The SMILES string of the molecule is CC(C#N)C1CCCCN(C(=O)OC(C)(C)C)C1. The first-order chi connectivity index (χ1) is 8.33. The molecule has 1 saturated heterocycles. The first kappa shape index (κ1) is 14.8. The van der Waals surface area contributed by atoms with Crippen molar-refractivity contribution >= 4 is 6.09 Å². The van der Waals surface area contributed by atoms with Gasteiger partial charge in [0.05, 0.1) is 6.07 Å². The maximum absolute atomic E-state index is 12.0. The molecule has 1 aliphatic rings. The molecule has 0 radical (unpaired) electrons. The Hall–Kier alpha value is -1.24. The van der Waals surface area contributed by atoms with Crippen molar-refractivity contribution in [1.82, 2.24) is 4.90 Å². The standard InChI is InChI=1S/C14H24N2O2/c1-11(9-15)12-7-5-6-8-16(10-12)13(17)18-14(2,3)4/h11-12H,5-8,10H2,1-4H3. The van der Waals surface area contributed by atoms with Gasteiger partial charge in [0.15, 0.2) is 0 Å². The van der Waals surface area contributed by atoms with Crippen LogP contribution in [-0.2, 0) is 4.74 Å². The third kappa shape index (κ3) is 4.56. The number of amides is 1. The van der Waals surface area contributed by atoms with Crippen LogP contribution in [0.2, 0.25) is 0 Å². The molecule has 1 aliphatic heterocycles. The number of likely N-dealkylation sites (tertiary alicyclic amines) is 1. The Morgan fingerprint density at radius 3 is 2.67 bits per heavy atom. The Morgan fingerprint density at radius 2 is 2.11 bits per heavy atom. The molecule has 102 valence electrons. The molecule has 4 nitrogen and oxygen atoms in total. The van der Waals surface area contributed by atoms with Gasteiger partial charge in [-0.1, -0.05) is 6.42 Å². The summed E-state index contributed by atoms with van der Waals surface area (Å²) in [5.41, 5.74) is -0.459. The van der Waals surface area contributed by atoms with Gasteiger partial charge in [-0.25, -0.2) is 4.79 Å². The van der Waals surface area contributed by atoms with Crippen LogP contribution in [0.4, 0.5) is 4.79 Å². The molecule has 4 heteroatoms. The lowest BCUT2D eigenvalue weighted by molar-refractivity contribution is 0.0226. The van der Waals surface area contributed by atoms with Gasteiger partial charge in [-0.2, -0.15) is 5.26 Å². The van der Waals surface area contributed by atoms with Gasteiger partial charge < -0.3 is 9.64 Å². The molecule has 0 aromatic rings. The van der Waals surface area contributed by atoms with E-state index in [1.54, 1.807) is 4.90 Å². The van der Waals surface area contributed by atoms with Crippen LogP contribution in [0, 0.1) is 23.2 Å². The smallest absolute Gasteiger partial charge is 0.410 e. The van der Waals surface area contributed by atoms with E-state index in [1.807, 2.05) is 27.7 Å². The normalized spacial score (nSPS) is 22.8. The molecule has 1 rings (SSSR count). The van der Waals surface area contributed by atoms with Crippen LogP contribution in [0.25, 0.3) is 0 Å². The van der Waals surface area contributed by atoms with Crippen LogP contribution >= 0.6 is 0 Å². The van der Waals surface area contributed by atoms with Gasteiger partial charge in [0.2, 0.25) is 0 Å². The summed E-state index contributed by atoms with van der Waals surface area (Å²) in [7, 11) is 0. The van der Waals surface area contributed by atoms with Crippen LogP contribution in [0.1, 0.15) is 47.0 Å². The van der Waals surface area contributed by atoms with Gasteiger partial charge in [-0.15, -0.1) is 0 Å². The lowest BCUT2D eigenvalue weighted by atomic mass is 9.91. The molecule has 18 heavy (non-hydrogen) atoms. The number of ether oxygens (including phenoxy) is 1. The van der Waals surface area contributed by atoms with E-state index >= 15 is 0 Å². The Morgan fingerprint density at radius 1 is 1.44 bits per heavy atom. The summed E-state index contributed by atoms with van der Waals surface area (Å²) in [4.78, 5) is 13.8. The van der Waals surface area contributed by atoms with Crippen molar-refractivity contribution in [3.05, 3.63) is 0 Å². The van der Waals surface area contributed by atoms with E-state index in [0.29, 0.717) is 6.54 Å². The second-order valence-electron chi connectivity index (χ2n) is 6.10. The van der Waals surface area contributed by atoms with Crippen molar-refractivity contribution in [2.75, 3.05) is 13.1 Å². The van der Waals surface area contributed by atoms with Gasteiger partial charge in [0.1, 0.15) is 5.60 Å². The lowest BCUT2D eigenvalue weighted by Gasteiger charge is -2.28. The molecule has 0 spiro atoms. The zero-order valence-electron chi connectivity index (χ0n) is 11.9. The largest absolute Gasteiger partial charge is 0.444 e. The molecule has 1 heterocycles. The summed E-state index contributed by atoms with van der Waals surface area (Å²) in [5, 5.41) is 9.01. The Bertz CT molecular complexity index is 328. The fourth-order valence-corrected chi connectivity index (χ4v) is 2.18. The van der Waals surface area contributed by atoms with Gasteiger partial charge in [0, 0.05) is 19.0 Å². The zero-order chi connectivity index (χ0) is 13.8. The third-order valence-electron chi connectivity index (χ3n) is 3.27. The van der Waals surface area contributed by atoms with E-state index in [4.69, 9.17) is 10.00 Å². The number of rotatable bonds is 1. The minimum Gasteiger partial charge on any atom is -0.444 e. The second kappa shape index (κ2) is 6.08. The molecule has 2 atom stereocenters. The van der Waals surface area contributed by atoms with E-state index in [9.17, 15) is 4.79 Å². The maximum Gasteiger partial charge on any atom is 0.410 e. The van der Waals surface area contributed by atoms with Crippen molar-refractivity contribution in [3.63, 3.8) is 0 Å². The Balaban J connectivity index is 2.64. The number of nitriles is 1. The summed E-state index contributed by atoms with van der Waals surface area (Å²) >= 11 is 0. The second-order valence-corrected chi connectivity index (χ2v) is 6.10. The molecule has 0 aromatic carbocycles. The van der Waals surface area contributed by atoms with Crippen molar-refractivity contribution in [3.8, 4) is 6.07 Å². The highest BCUT2D eigenvalue weighted by Crippen LogP contribution is 2.24. The molecular formula is C14H24N2O2. The molecule has 0 aromatic heterocycles. The summed E-state index contributed by atoms with van der Waals surface area (Å²) < 4.78 is 5.40. The van der Waals surface area contributed by atoms with Gasteiger partial charge in [-0.3, -0.25) is 0 Å². The highest BCUT2D eigenvalue weighted by Gasteiger charge is 2.28. The number of hydrogen-bond donors (Lipinski definition) is 0. The number of carbonyl (C=O) groups excluding carboxylic acids is 1. The van der Waals surface area contributed by atoms with Crippen LogP contribution in [0.5, 0.6) is 0 Å². The summed E-state index contributed by atoms with van der Waals surface area (Å²) in [5.74, 6) is 0.262. The third-order valence-corrected chi connectivity index (χ3v) is 3.27. The van der Waals surface area contributed by atoms with E-state index in [2.05, 4.69) is 6.07 Å². The quantitative estimate of drug-likeness (QED) is 0.720. The highest BCUT2D eigenvalue weighted by atomic mass is 16.6. The van der Waals surface area contributed by atoms with Gasteiger partial charge in [0.25, 0.3) is 0 Å². The molecule has 0 aliphatic carbocycles. The lowest BCUT2D eigenvalue weighted by Crippen LogP contribution is -2.39. The average Bonchev–Trinajstić information content (AvgIpc) is 2.51. The maximum atomic E-state index is 12.0. The number of hydrogen-bond acceptors (Lipinski definition) is 3. The zero-order valence-corrected chi connectivity index (χ0v) is 11.9. The number of nitrogens with zero attached hydrogens (tertiary/aromatic N) is 2. The van der Waals surface area contributed by atoms with E-state index in [1.165, 1.54) is 0 Å². The molecule has 2 unspecified atom stereocenters. The summed E-state index contributed by atoms with van der Waals surface area (Å²) in [6.45, 7) is 8.94. The van der Waals surface area contributed by atoms with E-state index in [-0.39, 0.29) is 17.9 Å². The van der Waals surface area contributed by atoms with E-state index in [0.717, 1.165) is 25.8 Å². The van der Waals surface area contributed by atoms with Gasteiger partial charge >= 0.3 is 6.09 Å². The van der Waals surface area contributed by atoms with Crippen LogP contribution in [0.15, 0.2) is 0 Å². The van der Waals surface area contributed by atoms with Crippen molar-refractivity contribution in [1.29, 1.82) is 5.26 Å². The van der Waals surface area contributed by atoms with Crippen molar-refractivity contribution < 1.29 is 9.53 Å². The first-order valence-electron chi connectivity index (χ1n) is 6.71. The van der Waals surface area contributed by atoms with Crippen LogP contribution in [-0.4, -0.2) is 29.7 Å². The van der Waals surface area contributed by atoms with Crippen LogP contribution < -0.4 is 0 Å². The summed E-state index contributed by atoms with van der Waals surface area (Å²) in [6.07, 6.45) is 2.84. The molecule has 0 N–H and O–H groups in total. The number of carbonyl (C=O) groups is 1. The Kier molecular flexibility index (Phi) is 5.01. The minimum atomic E-state index is -0.459. The molecule has 1 fully saturated rings. The van der Waals surface area contributed by atoms with Gasteiger partial charge in [-0.05, 0) is 46.5 Å². The Labute approximate surface area is 110 Å². The molecule has 0 bridgehead atoms. The van der Waals surface area contributed by atoms with Crippen molar-refractivity contribution in [2.45, 2.75) is 52.6 Å². The predicted octanol–water partition coefficient (Wildman–Crippen LogP) is 3.18. The fourth-order valence-electron chi connectivity index (χ4n) is 2.18. The van der Waals surface area contributed by atoms with E-state index < -0.39 is 5.60 Å². The fraction of sp³-hybridized carbons (Fsp3) is 0.857. The van der Waals surface area contributed by atoms with Crippen LogP contribution in [0.3, 0.4) is 0 Å². The average molecular weight is 252 g/mol. The molecule has 0 saturated carbocycles. The minimum absolute atomic E-state index is 0.00645. The van der Waals surface area contributed by atoms with Crippen molar-refractivity contribution in [2.24, 2.45) is 11.8 Å². The topological polar surface area (TPSA) is 53.3 Å². The monoisotopic (exact) mass is 252 g/mol. The molecule has 1 amide bonds. The predicted molar refractivity (Wildman–Crippen MR) is 69.9 cm³/mol. The first-order valence-corrected chi connectivity index (χ1v) is 6.71.